The maximum Gasteiger partial charge on any atom is 0.543 e. The van der Waals surface area contributed by atoms with Gasteiger partial charge >= 0.3 is 12.1 Å². The Kier molecular flexibility index (Phi) is 7.67. The minimum Gasteiger partial charge on any atom is -0.496 e. The second-order valence-electron chi connectivity index (χ2n) is 4.03. The minimum atomic E-state index is -1.07. The van der Waals surface area contributed by atoms with Gasteiger partial charge in [0.15, 0.2) is 0 Å². The molecule has 21 heavy (non-hydrogen) atoms. The van der Waals surface area contributed by atoms with Crippen molar-refractivity contribution in [1.29, 1.82) is 0 Å². The maximum absolute atomic E-state index is 11.6. The van der Waals surface area contributed by atoms with Crippen molar-refractivity contribution in [3.05, 3.63) is 29.8 Å². The Morgan fingerprint density at radius 2 is 1.86 bits per heavy atom. The monoisotopic (exact) mass is 298 g/mol. The molecule has 0 bridgehead atoms. The molecule has 0 saturated heterocycles. The van der Waals surface area contributed by atoms with Gasteiger partial charge in [0.1, 0.15) is 11.3 Å². The van der Waals surface area contributed by atoms with Gasteiger partial charge in [0.25, 0.3) is 0 Å². The Morgan fingerprint density at radius 3 is 2.57 bits per heavy atom. The van der Waals surface area contributed by atoms with Crippen molar-refractivity contribution in [2.75, 3.05) is 13.7 Å². The molecule has 0 aliphatic carbocycles. The van der Waals surface area contributed by atoms with Crippen LogP contribution in [0.25, 0.3) is 0 Å². The molecule has 0 aliphatic rings. The molecule has 116 valence electrons. The van der Waals surface area contributed by atoms with Gasteiger partial charge in [-0.25, -0.2) is 14.5 Å². The third kappa shape index (κ3) is 6.13. The van der Waals surface area contributed by atoms with Gasteiger partial charge < -0.3 is 9.47 Å². The fraction of sp³-hybridized carbons (Fsp3) is 0.429. The van der Waals surface area contributed by atoms with Crippen molar-refractivity contribution in [2.45, 2.75) is 26.2 Å². The zero-order valence-electron chi connectivity index (χ0n) is 12.0. The molecular weight excluding hydrogens is 280 g/mol. The van der Waals surface area contributed by atoms with E-state index in [1.807, 2.05) is 6.92 Å². The largest absolute Gasteiger partial charge is 0.543 e. The second kappa shape index (κ2) is 9.60. The van der Waals surface area contributed by atoms with Crippen LogP contribution in [-0.4, -0.2) is 25.8 Å². The SMILES string of the molecule is CCCCCOC(=O)OOOC(=O)c1ccccc1OC. The van der Waals surface area contributed by atoms with Crippen molar-refractivity contribution < 1.29 is 33.9 Å². The Balaban J connectivity index is 2.28. The van der Waals surface area contributed by atoms with Gasteiger partial charge in [0, 0.05) is 0 Å². The average Bonchev–Trinajstić information content (AvgIpc) is 2.51. The third-order valence-electron chi connectivity index (χ3n) is 2.51. The van der Waals surface area contributed by atoms with E-state index in [9.17, 15) is 9.59 Å². The highest BCUT2D eigenvalue weighted by molar-refractivity contribution is 5.92. The summed E-state index contributed by atoms with van der Waals surface area (Å²) in [6, 6.07) is 6.38. The van der Waals surface area contributed by atoms with E-state index in [0.717, 1.165) is 19.3 Å². The molecule has 0 radical (unpaired) electrons. The van der Waals surface area contributed by atoms with Gasteiger partial charge in [-0.1, -0.05) is 31.9 Å². The first-order chi connectivity index (χ1) is 10.2. The standard InChI is InChI=1S/C14H18O7/c1-3-4-7-10-18-14(16)20-21-19-13(15)11-8-5-6-9-12(11)17-2/h5-6,8-9H,3-4,7,10H2,1-2H3. The molecule has 0 atom stereocenters. The predicted octanol–water partition coefficient (Wildman–Crippen LogP) is 3.04. The molecule has 0 unspecified atom stereocenters. The normalized spacial score (nSPS) is 9.81. The smallest absolute Gasteiger partial charge is 0.496 e. The molecule has 0 aromatic heterocycles. The van der Waals surface area contributed by atoms with Crippen LogP contribution in [0.5, 0.6) is 5.75 Å². The van der Waals surface area contributed by atoms with Crippen LogP contribution >= 0.6 is 0 Å². The Hall–Kier alpha value is -2.28. The van der Waals surface area contributed by atoms with Crippen molar-refractivity contribution in [3.8, 4) is 5.75 Å². The van der Waals surface area contributed by atoms with Gasteiger partial charge in [0.2, 0.25) is 0 Å². The minimum absolute atomic E-state index is 0.139. The second-order valence-corrected chi connectivity index (χ2v) is 4.03. The van der Waals surface area contributed by atoms with E-state index in [-0.39, 0.29) is 12.2 Å². The number of unbranched alkanes of at least 4 members (excludes halogenated alkanes) is 2. The van der Waals surface area contributed by atoms with E-state index in [1.165, 1.54) is 13.2 Å². The van der Waals surface area contributed by atoms with E-state index in [0.29, 0.717) is 5.75 Å². The Labute approximate surface area is 122 Å². The van der Waals surface area contributed by atoms with Crippen LogP contribution in [0.2, 0.25) is 0 Å². The zero-order chi connectivity index (χ0) is 15.5. The average molecular weight is 298 g/mol. The molecule has 7 heteroatoms. The Morgan fingerprint density at radius 1 is 1.10 bits per heavy atom. The van der Waals surface area contributed by atoms with Crippen LogP contribution < -0.4 is 4.74 Å². The van der Waals surface area contributed by atoms with Gasteiger partial charge in [0.05, 0.1) is 18.8 Å². The van der Waals surface area contributed by atoms with Crippen LogP contribution in [0.3, 0.4) is 0 Å². The molecule has 0 aliphatic heterocycles. The van der Waals surface area contributed by atoms with E-state index >= 15 is 0 Å². The topological polar surface area (TPSA) is 80.3 Å². The molecular formula is C14H18O7. The summed E-state index contributed by atoms with van der Waals surface area (Å²) < 4.78 is 9.66. The molecule has 0 heterocycles. The number of methoxy groups -OCH3 is 1. The summed E-state index contributed by atoms with van der Waals surface area (Å²) in [5, 5.41) is 4.09. The van der Waals surface area contributed by atoms with E-state index in [4.69, 9.17) is 4.74 Å². The Bertz CT molecular complexity index is 458. The zero-order valence-corrected chi connectivity index (χ0v) is 12.0. The number of para-hydroxylation sites is 1. The van der Waals surface area contributed by atoms with Gasteiger partial charge in [-0.2, -0.15) is 0 Å². The number of benzene rings is 1. The molecule has 0 amide bonds. The van der Waals surface area contributed by atoms with Crippen molar-refractivity contribution in [1.82, 2.24) is 0 Å². The fourth-order valence-electron chi connectivity index (χ4n) is 1.47. The van der Waals surface area contributed by atoms with Gasteiger partial charge in [-0.05, 0) is 18.6 Å². The number of rotatable bonds is 8. The fourth-order valence-corrected chi connectivity index (χ4v) is 1.47. The lowest BCUT2D eigenvalue weighted by Gasteiger charge is -2.06. The first kappa shape index (κ1) is 16.8. The third-order valence-corrected chi connectivity index (χ3v) is 2.51. The first-order valence-corrected chi connectivity index (χ1v) is 6.54. The highest BCUT2D eigenvalue weighted by atomic mass is 17.5. The van der Waals surface area contributed by atoms with E-state index in [1.54, 1.807) is 18.2 Å². The summed E-state index contributed by atoms with van der Waals surface area (Å²) in [6.45, 7) is 2.25. The molecule has 1 rings (SSSR count). The molecule has 1 aromatic carbocycles. The van der Waals surface area contributed by atoms with E-state index in [2.05, 4.69) is 19.6 Å². The van der Waals surface area contributed by atoms with Crippen LogP contribution in [0.1, 0.15) is 36.5 Å². The van der Waals surface area contributed by atoms with E-state index < -0.39 is 12.1 Å². The van der Waals surface area contributed by atoms with Gasteiger partial charge in [-0.3, -0.25) is 4.89 Å². The van der Waals surface area contributed by atoms with Crippen LogP contribution in [0, 0.1) is 0 Å². The lowest BCUT2D eigenvalue weighted by atomic mass is 10.2. The molecule has 0 N–H and O–H groups in total. The highest BCUT2D eigenvalue weighted by Gasteiger charge is 2.16. The summed E-state index contributed by atoms with van der Waals surface area (Å²) in [5.74, 6) is -0.542. The molecule has 1 aromatic rings. The van der Waals surface area contributed by atoms with Crippen LogP contribution in [0.15, 0.2) is 24.3 Å². The molecule has 0 fully saturated rings. The summed E-state index contributed by atoms with van der Waals surface area (Å²) >= 11 is 0. The highest BCUT2D eigenvalue weighted by Crippen LogP contribution is 2.18. The lowest BCUT2D eigenvalue weighted by molar-refractivity contribution is -0.452. The van der Waals surface area contributed by atoms with Crippen molar-refractivity contribution >= 4 is 12.1 Å². The summed E-state index contributed by atoms with van der Waals surface area (Å²) in [5.41, 5.74) is 0.139. The molecule has 0 spiro atoms. The summed E-state index contributed by atoms with van der Waals surface area (Å²) in [7, 11) is 1.41. The van der Waals surface area contributed by atoms with Crippen molar-refractivity contribution in [3.63, 3.8) is 0 Å². The number of carbonyl (C=O) groups is 2. The van der Waals surface area contributed by atoms with Crippen LogP contribution in [0.4, 0.5) is 4.79 Å². The molecule has 0 saturated carbocycles. The first-order valence-electron chi connectivity index (χ1n) is 6.54. The van der Waals surface area contributed by atoms with Crippen LogP contribution in [-0.2, 0) is 19.6 Å². The number of hydrogen-bond donors (Lipinski definition) is 0. The van der Waals surface area contributed by atoms with Crippen molar-refractivity contribution in [2.24, 2.45) is 0 Å². The summed E-state index contributed by atoms with van der Waals surface area (Å²) in [4.78, 5) is 31.2. The number of ether oxygens (including phenoxy) is 2. The van der Waals surface area contributed by atoms with Gasteiger partial charge in [-0.15, -0.1) is 0 Å². The number of hydrogen-bond acceptors (Lipinski definition) is 7. The summed E-state index contributed by atoms with van der Waals surface area (Å²) in [6.07, 6.45) is 1.61. The molecule has 7 nitrogen and oxygen atoms in total. The lowest BCUT2D eigenvalue weighted by Crippen LogP contribution is -2.13. The predicted molar refractivity (Wildman–Crippen MR) is 71.5 cm³/mol. The number of carbonyl (C=O) groups excluding carboxylic acids is 2. The quantitative estimate of drug-likeness (QED) is 0.316. The maximum atomic E-state index is 11.6.